The van der Waals surface area contributed by atoms with Gasteiger partial charge < -0.3 is 10.6 Å². The van der Waals surface area contributed by atoms with Crippen molar-refractivity contribution in [1.29, 1.82) is 0 Å². The summed E-state index contributed by atoms with van der Waals surface area (Å²) in [5.41, 5.74) is 5.87. The molecule has 2 N–H and O–H groups in total. The minimum absolute atomic E-state index is 0.00706. The number of hydrogen-bond donors (Lipinski definition) is 1. The third kappa shape index (κ3) is 3.07. The molecule has 0 bridgehead atoms. The molecule has 18 heavy (non-hydrogen) atoms. The summed E-state index contributed by atoms with van der Waals surface area (Å²) in [6, 6.07) is 0. The first-order valence-corrected chi connectivity index (χ1v) is 6.60. The third-order valence-electron chi connectivity index (χ3n) is 3.42. The Labute approximate surface area is 107 Å². The van der Waals surface area contributed by atoms with E-state index in [9.17, 15) is 4.79 Å². The molecule has 0 spiro atoms. The molecule has 1 aliphatic rings. The summed E-state index contributed by atoms with van der Waals surface area (Å²) in [5.74, 6) is 0.697. The van der Waals surface area contributed by atoms with E-state index in [1.54, 1.807) is 10.9 Å². The van der Waals surface area contributed by atoms with Crippen LogP contribution in [0.5, 0.6) is 0 Å². The van der Waals surface area contributed by atoms with Crippen molar-refractivity contribution in [3.05, 3.63) is 11.9 Å². The van der Waals surface area contributed by atoms with Crippen molar-refractivity contribution in [3.8, 4) is 0 Å². The summed E-state index contributed by atoms with van der Waals surface area (Å²) in [4.78, 5) is 14.1. The highest BCUT2D eigenvalue weighted by molar-refractivity contribution is 5.91. The highest BCUT2D eigenvalue weighted by atomic mass is 16.2. The second-order valence-corrected chi connectivity index (χ2v) is 4.98. The molecule has 6 nitrogen and oxygen atoms in total. The van der Waals surface area contributed by atoms with Gasteiger partial charge in [-0.3, -0.25) is 9.48 Å². The summed E-state index contributed by atoms with van der Waals surface area (Å²) in [5, 5.41) is 7.83. The largest absolute Gasteiger partial charge is 0.337 e. The average Bonchev–Trinajstić information content (AvgIpc) is 2.71. The van der Waals surface area contributed by atoms with E-state index in [1.165, 1.54) is 6.42 Å². The predicted molar refractivity (Wildman–Crippen MR) is 68.0 cm³/mol. The lowest BCUT2D eigenvalue weighted by molar-refractivity contribution is 0.0754. The SMILES string of the molecule is CC1CCCN(C(=O)c2cn(CCN)nn2)CC1. The van der Waals surface area contributed by atoms with Crippen molar-refractivity contribution < 1.29 is 4.79 Å². The van der Waals surface area contributed by atoms with Crippen LogP contribution in [0.15, 0.2) is 6.20 Å². The molecule has 0 aliphatic carbocycles. The molecule has 0 saturated carbocycles. The minimum atomic E-state index is -0.00706. The van der Waals surface area contributed by atoms with Crippen molar-refractivity contribution in [2.24, 2.45) is 11.7 Å². The van der Waals surface area contributed by atoms with Crippen LogP contribution in [0.25, 0.3) is 0 Å². The smallest absolute Gasteiger partial charge is 0.276 e. The lowest BCUT2D eigenvalue weighted by atomic mass is 10.0. The van der Waals surface area contributed by atoms with E-state index in [0.29, 0.717) is 24.7 Å². The van der Waals surface area contributed by atoms with E-state index in [1.807, 2.05) is 4.90 Å². The number of nitrogens with two attached hydrogens (primary N) is 1. The van der Waals surface area contributed by atoms with Crippen LogP contribution in [0.2, 0.25) is 0 Å². The van der Waals surface area contributed by atoms with E-state index in [4.69, 9.17) is 5.73 Å². The molecule has 1 saturated heterocycles. The highest BCUT2D eigenvalue weighted by Gasteiger charge is 2.21. The number of likely N-dealkylation sites (tertiary alicyclic amines) is 1. The molecule has 1 aliphatic heterocycles. The molecule has 100 valence electrons. The number of nitrogens with zero attached hydrogens (tertiary/aromatic N) is 4. The monoisotopic (exact) mass is 251 g/mol. The van der Waals surface area contributed by atoms with Crippen LogP contribution < -0.4 is 5.73 Å². The molecular weight excluding hydrogens is 230 g/mol. The number of aromatic nitrogens is 3. The highest BCUT2D eigenvalue weighted by Crippen LogP contribution is 2.17. The van der Waals surface area contributed by atoms with Gasteiger partial charge in [-0.25, -0.2) is 0 Å². The molecule has 2 heterocycles. The van der Waals surface area contributed by atoms with Crippen LogP contribution >= 0.6 is 0 Å². The van der Waals surface area contributed by atoms with Gasteiger partial charge in [0.25, 0.3) is 5.91 Å². The zero-order valence-corrected chi connectivity index (χ0v) is 10.9. The summed E-state index contributed by atoms with van der Waals surface area (Å²) in [7, 11) is 0. The van der Waals surface area contributed by atoms with Crippen molar-refractivity contribution in [2.45, 2.75) is 32.7 Å². The summed E-state index contributed by atoms with van der Waals surface area (Å²) in [6.07, 6.45) is 5.03. The van der Waals surface area contributed by atoms with Crippen LogP contribution in [0.1, 0.15) is 36.7 Å². The average molecular weight is 251 g/mol. The molecule has 1 aromatic heterocycles. The minimum Gasteiger partial charge on any atom is -0.337 e. The first-order chi connectivity index (χ1) is 8.70. The molecule has 1 amide bonds. The maximum absolute atomic E-state index is 12.3. The van der Waals surface area contributed by atoms with Gasteiger partial charge in [-0.1, -0.05) is 12.1 Å². The Morgan fingerprint density at radius 3 is 3.11 bits per heavy atom. The maximum atomic E-state index is 12.3. The molecule has 1 atom stereocenters. The molecule has 1 aromatic rings. The predicted octanol–water partition coefficient (Wildman–Crippen LogP) is 0.499. The van der Waals surface area contributed by atoms with Gasteiger partial charge in [0.2, 0.25) is 0 Å². The molecule has 1 unspecified atom stereocenters. The van der Waals surface area contributed by atoms with E-state index >= 15 is 0 Å². The summed E-state index contributed by atoms with van der Waals surface area (Å²) in [6.45, 7) is 4.98. The number of rotatable bonds is 3. The molecule has 1 fully saturated rings. The maximum Gasteiger partial charge on any atom is 0.276 e. The molecule has 0 radical (unpaired) electrons. The van der Waals surface area contributed by atoms with Crippen LogP contribution in [-0.4, -0.2) is 45.4 Å². The van der Waals surface area contributed by atoms with Crippen LogP contribution in [-0.2, 0) is 6.54 Å². The van der Waals surface area contributed by atoms with Gasteiger partial charge in [0.1, 0.15) is 0 Å². The first-order valence-electron chi connectivity index (χ1n) is 6.60. The Kier molecular flexibility index (Phi) is 4.30. The van der Waals surface area contributed by atoms with Crippen LogP contribution in [0.4, 0.5) is 0 Å². The number of amides is 1. The van der Waals surface area contributed by atoms with Gasteiger partial charge in [0, 0.05) is 19.6 Å². The van der Waals surface area contributed by atoms with Gasteiger partial charge in [0.15, 0.2) is 5.69 Å². The van der Waals surface area contributed by atoms with Crippen molar-refractivity contribution >= 4 is 5.91 Å². The quantitative estimate of drug-likeness (QED) is 0.848. The van der Waals surface area contributed by atoms with Gasteiger partial charge in [-0.15, -0.1) is 5.10 Å². The topological polar surface area (TPSA) is 77.0 Å². The van der Waals surface area contributed by atoms with Gasteiger partial charge in [-0.05, 0) is 25.2 Å². The Balaban J connectivity index is 2.00. The lowest BCUT2D eigenvalue weighted by Gasteiger charge is -2.18. The van der Waals surface area contributed by atoms with Crippen molar-refractivity contribution in [1.82, 2.24) is 19.9 Å². The standard InChI is InChI=1S/C12H21N5O/c1-10-3-2-6-16(7-4-10)12(18)11-9-17(8-5-13)15-14-11/h9-10H,2-8,13H2,1H3. The Morgan fingerprint density at radius 1 is 1.50 bits per heavy atom. The first kappa shape index (κ1) is 13.0. The molecule has 6 heteroatoms. The molecule has 0 aromatic carbocycles. The zero-order chi connectivity index (χ0) is 13.0. The Morgan fingerprint density at radius 2 is 2.33 bits per heavy atom. The van der Waals surface area contributed by atoms with E-state index in [0.717, 1.165) is 25.9 Å². The van der Waals surface area contributed by atoms with Gasteiger partial charge in [-0.2, -0.15) is 0 Å². The fourth-order valence-electron chi connectivity index (χ4n) is 2.27. The van der Waals surface area contributed by atoms with E-state index < -0.39 is 0 Å². The van der Waals surface area contributed by atoms with Crippen LogP contribution in [0.3, 0.4) is 0 Å². The van der Waals surface area contributed by atoms with Crippen molar-refractivity contribution in [2.75, 3.05) is 19.6 Å². The zero-order valence-electron chi connectivity index (χ0n) is 10.9. The number of carbonyl (C=O) groups excluding carboxylic acids is 1. The third-order valence-corrected chi connectivity index (χ3v) is 3.42. The molecule has 2 rings (SSSR count). The Bertz CT molecular complexity index is 403. The Hall–Kier alpha value is -1.43. The second-order valence-electron chi connectivity index (χ2n) is 4.98. The van der Waals surface area contributed by atoms with Crippen molar-refractivity contribution in [3.63, 3.8) is 0 Å². The fraction of sp³-hybridized carbons (Fsp3) is 0.750. The fourth-order valence-corrected chi connectivity index (χ4v) is 2.27. The number of hydrogen-bond acceptors (Lipinski definition) is 4. The summed E-state index contributed by atoms with van der Waals surface area (Å²) >= 11 is 0. The number of carbonyl (C=O) groups is 1. The normalized spacial score (nSPS) is 20.8. The lowest BCUT2D eigenvalue weighted by Crippen LogP contribution is -2.32. The van der Waals surface area contributed by atoms with Gasteiger partial charge >= 0.3 is 0 Å². The second kappa shape index (κ2) is 5.95. The van der Waals surface area contributed by atoms with E-state index in [-0.39, 0.29) is 5.91 Å². The van der Waals surface area contributed by atoms with E-state index in [2.05, 4.69) is 17.2 Å². The van der Waals surface area contributed by atoms with Crippen LogP contribution in [0, 0.1) is 5.92 Å². The molecular formula is C12H21N5O. The van der Waals surface area contributed by atoms with Gasteiger partial charge in [0.05, 0.1) is 12.7 Å². The summed E-state index contributed by atoms with van der Waals surface area (Å²) < 4.78 is 1.62.